The number of nitrogens with zero attached hydrogens (tertiary/aromatic N) is 4. The van der Waals surface area contributed by atoms with E-state index in [-0.39, 0.29) is 11.9 Å². The molecule has 8 heteroatoms. The zero-order valence-corrected chi connectivity index (χ0v) is 10.1. The molecule has 3 N–H and O–H groups in total. The van der Waals surface area contributed by atoms with E-state index in [9.17, 15) is 4.79 Å². The Bertz CT molecular complexity index is 703. The number of hydrogen-bond donors (Lipinski definition) is 3. The van der Waals surface area contributed by atoms with Crippen LogP contribution < -0.4 is 5.32 Å². The molecule has 19 heavy (non-hydrogen) atoms. The quantitative estimate of drug-likeness (QED) is 0.635. The van der Waals surface area contributed by atoms with Crippen molar-refractivity contribution in [2.75, 3.05) is 0 Å². The number of hydrogen-bond acceptors (Lipinski definition) is 5. The van der Waals surface area contributed by atoms with Crippen LogP contribution in [0.1, 0.15) is 29.3 Å². The zero-order valence-electron chi connectivity index (χ0n) is 10.1. The van der Waals surface area contributed by atoms with Crippen molar-refractivity contribution in [3.8, 4) is 0 Å². The van der Waals surface area contributed by atoms with Gasteiger partial charge in [0.05, 0.1) is 11.6 Å². The molecule has 0 fully saturated rings. The maximum Gasteiger partial charge on any atom is 0.273 e. The third-order valence-corrected chi connectivity index (χ3v) is 2.78. The van der Waals surface area contributed by atoms with Crippen molar-refractivity contribution in [1.29, 1.82) is 0 Å². The average molecular weight is 257 g/mol. The largest absolute Gasteiger partial charge is 0.341 e. The Labute approximate surface area is 107 Å². The lowest BCUT2D eigenvalue weighted by molar-refractivity contribution is 0.0935. The minimum absolute atomic E-state index is 0.283. The lowest BCUT2D eigenvalue weighted by Gasteiger charge is -2.08. The second kappa shape index (κ2) is 4.48. The van der Waals surface area contributed by atoms with Gasteiger partial charge in [0.1, 0.15) is 0 Å². The molecule has 0 saturated carbocycles. The number of rotatable bonds is 3. The van der Waals surface area contributed by atoms with Crippen LogP contribution in [0.4, 0.5) is 0 Å². The first-order valence-corrected chi connectivity index (χ1v) is 5.73. The summed E-state index contributed by atoms with van der Waals surface area (Å²) in [4.78, 5) is 12.1. The predicted molar refractivity (Wildman–Crippen MR) is 66.2 cm³/mol. The van der Waals surface area contributed by atoms with E-state index in [4.69, 9.17) is 0 Å². The van der Waals surface area contributed by atoms with Crippen LogP contribution in [0.15, 0.2) is 24.3 Å². The molecule has 0 aliphatic carbocycles. The number of aromatic amines is 2. The maximum absolute atomic E-state index is 12.1. The molecule has 1 amide bonds. The number of para-hydroxylation sites is 1. The van der Waals surface area contributed by atoms with Gasteiger partial charge in [-0.3, -0.25) is 9.89 Å². The number of carbonyl (C=O) groups is 1. The van der Waals surface area contributed by atoms with Gasteiger partial charge in [0, 0.05) is 5.39 Å². The molecule has 1 atom stereocenters. The van der Waals surface area contributed by atoms with Gasteiger partial charge < -0.3 is 5.32 Å². The standard InChI is InChI=1S/C11H11N7O/c1-6(10-15-17-18-16-10)12-11(19)9-7-4-2-3-5-8(7)13-14-9/h2-6H,1H3,(H,12,19)(H,13,14)(H,15,16,17,18). The summed E-state index contributed by atoms with van der Waals surface area (Å²) in [5, 5.41) is 23.8. The summed E-state index contributed by atoms with van der Waals surface area (Å²) in [6.45, 7) is 1.78. The van der Waals surface area contributed by atoms with Crippen LogP contribution >= 0.6 is 0 Å². The van der Waals surface area contributed by atoms with Gasteiger partial charge in [-0.25, -0.2) is 0 Å². The number of H-pyrrole nitrogens is 2. The summed E-state index contributed by atoms with van der Waals surface area (Å²) in [7, 11) is 0. The van der Waals surface area contributed by atoms with Crippen molar-refractivity contribution in [2.45, 2.75) is 13.0 Å². The first-order chi connectivity index (χ1) is 9.25. The van der Waals surface area contributed by atoms with Gasteiger partial charge >= 0.3 is 0 Å². The monoisotopic (exact) mass is 257 g/mol. The highest BCUT2D eigenvalue weighted by molar-refractivity contribution is 6.04. The Hall–Kier alpha value is -2.77. The first kappa shape index (κ1) is 11.3. The second-order valence-corrected chi connectivity index (χ2v) is 4.08. The van der Waals surface area contributed by atoms with E-state index in [1.165, 1.54) is 0 Å². The van der Waals surface area contributed by atoms with Gasteiger partial charge in [-0.1, -0.05) is 23.4 Å². The smallest absolute Gasteiger partial charge is 0.273 e. The summed E-state index contributed by atoms with van der Waals surface area (Å²) < 4.78 is 0. The molecule has 0 bridgehead atoms. The summed E-state index contributed by atoms with van der Waals surface area (Å²) >= 11 is 0. The summed E-state index contributed by atoms with van der Waals surface area (Å²) in [5.41, 5.74) is 1.17. The Kier molecular flexibility index (Phi) is 2.67. The molecule has 2 aromatic heterocycles. The van der Waals surface area contributed by atoms with Gasteiger partial charge in [-0.15, -0.1) is 10.2 Å². The van der Waals surface area contributed by atoms with E-state index < -0.39 is 0 Å². The fraction of sp³-hybridized carbons (Fsp3) is 0.182. The number of carbonyl (C=O) groups excluding carboxylic acids is 1. The second-order valence-electron chi connectivity index (χ2n) is 4.08. The molecule has 3 aromatic rings. The van der Waals surface area contributed by atoms with Crippen molar-refractivity contribution in [3.63, 3.8) is 0 Å². The van der Waals surface area contributed by atoms with Gasteiger partial charge in [-0.2, -0.15) is 10.3 Å². The molecular formula is C11H11N7O. The lowest BCUT2D eigenvalue weighted by atomic mass is 10.2. The predicted octanol–water partition coefficient (Wildman–Crippen LogP) is 0.567. The van der Waals surface area contributed by atoms with Crippen molar-refractivity contribution in [2.24, 2.45) is 0 Å². The molecule has 0 saturated heterocycles. The van der Waals surface area contributed by atoms with Crippen LogP contribution in [-0.4, -0.2) is 36.7 Å². The molecule has 1 aromatic carbocycles. The third-order valence-electron chi connectivity index (χ3n) is 2.78. The highest BCUT2D eigenvalue weighted by Crippen LogP contribution is 2.15. The van der Waals surface area contributed by atoms with Crippen molar-refractivity contribution in [1.82, 2.24) is 36.1 Å². The summed E-state index contributed by atoms with van der Waals surface area (Å²) in [5.74, 6) is 0.142. The minimum atomic E-state index is -0.346. The van der Waals surface area contributed by atoms with Gasteiger partial charge in [0.2, 0.25) is 0 Å². The number of benzene rings is 1. The van der Waals surface area contributed by atoms with Crippen LogP contribution in [0.5, 0.6) is 0 Å². The van der Waals surface area contributed by atoms with E-state index >= 15 is 0 Å². The van der Waals surface area contributed by atoms with Crippen LogP contribution in [0.2, 0.25) is 0 Å². The van der Waals surface area contributed by atoms with Crippen LogP contribution in [0, 0.1) is 0 Å². The molecular weight excluding hydrogens is 246 g/mol. The van der Waals surface area contributed by atoms with Crippen molar-refractivity contribution in [3.05, 3.63) is 35.8 Å². The molecule has 2 heterocycles. The van der Waals surface area contributed by atoms with Crippen LogP contribution in [0.25, 0.3) is 10.9 Å². The van der Waals surface area contributed by atoms with Gasteiger partial charge in [0.25, 0.3) is 5.91 Å². The molecule has 0 aliphatic heterocycles. The Morgan fingerprint density at radius 3 is 2.95 bits per heavy atom. The first-order valence-electron chi connectivity index (χ1n) is 5.73. The van der Waals surface area contributed by atoms with E-state index in [0.717, 1.165) is 10.9 Å². The minimum Gasteiger partial charge on any atom is -0.341 e. The van der Waals surface area contributed by atoms with E-state index in [0.29, 0.717) is 11.5 Å². The van der Waals surface area contributed by atoms with Crippen LogP contribution in [0.3, 0.4) is 0 Å². The number of tetrazole rings is 1. The van der Waals surface area contributed by atoms with Gasteiger partial charge in [-0.05, 0) is 13.0 Å². The fourth-order valence-corrected chi connectivity index (χ4v) is 1.82. The number of amides is 1. The highest BCUT2D eigenvalue weighted by atomic mass is 16.2. The molecule has 0 aliphatic rings. The maximum atomic E-state index is 12.1. The average Bonchev–Trinajstić information content (AvgIpc) is 3.08. The fourth-order valence-electron chi connectivity index (χ4n) is 1.82. The van der Waals surface area contributed by atoms with Crippen molar-refractivity contribution >= 4 is 16.8 Å². The van der Waals surface area contributed by atoms with Gasteiger partial charge in [0.15, 0.2) is 11.5 Å². The summed E-state index contributed by atoms with van der Waals surface area (Å²) in [6, 6.07) is 7.09. The number of nitrogens with one attached hydrogen (secondary N) is 3. The molecule has 3 rings (SSSR count). The Balaban J connectivity index is 1.84. The topological polar surface area (TPSA) is 112 Å². The Morgan fingerprint density at radius 2 is 2.16 bits per heavy atom. The van der Waals surface area contributed by atoms with Crippen molar-refractivity contribution < 1.29 is 4.79 Å². The van der Waals surface area contributed by atoms with Crippen LogP contribution in [-0.2, 0) is 0 Å². The van der Waals surface area contributed by atoms with E-state index in [1.54, 1.807) is 6.92 Å². The molecule has 0 spiro atoms. The molecule has 0 radical (unpaired) electrons. The lowest BCUT2D eigenvalue weighted by Crippen LogP contribution is -2.27. The number of aromatic nitrogens is 6. The van der Waals surface area contributed by atoms with E-state index in [2.05, 4.69) is 36.1 Å². The third kappa shape index (κ3) is 2.03. The zero-order chi connectivity index (χ0) is 13.2. The molecule has 96 valence electrons. The SMILES string of the molecule is CC(NC(=O)c1n[nH]c2ccccc12)c1nn[nH]n1. The number of fused-ring (bicyclic) bond motifs is 1. The van der Waals surface area contributed by atoms with E-state index in [1.807, 2.05) is 24.3 Å². The normalized spacial score (nSPS) is 12.5. The summed E-state index contributed by atoms with van der Waals surface area (Å²) in [6.07, 6.45) is 0. The molecule has 1 unspecified atom stereocenters. The molecule has 8 nitrogen and oxygen atoms in total. The Morgan fingerprint density at radius 1 is 1.32 bits per heavy atom. The highest BCUT2D eigenvalue weighted by Gasteiger charge is 2.18.